The van der Waals surface area contributed by atoms with E-state index >= 15 is 0 Å². The van der Waals surface area contributed by atoms with Crippen molar-refractivity contribution in [1.29, 1.82) is 0 Å². The Hall–Kier alpha value is -2.40. The topological polar surface area (TPSA) is 100 Å². The molecule has 1 aromatic rings. The Labute approximate surface area is 302 Å². The van der Waals surface area contributed by atoms with Gasteiger partial charge in [0.15, 0.2) is 5.78 Å². The minimum atomic E-state index is -0.513. The van der Waals surface area contributed by atoms with Gasteiger partial charge in [-0.25, -0.2) is 0 Å². The molecule has 10 heteroatoms. The van der Waals surface area contributed by atoms with Gasteiger partial charge in [0.05, 0.1) is 41.7 Å². The lowest BCUT2D eigenvalue weighted by Gasteiger charge is -2.41. The minimum Gasteiger partial charge on any atom is -0.379 e. The minimum absolute atomic E-state index is 0.00918. The molecule has 1 fully saturated rings. The van der Waals surface area contributed by atoms with E-state index in [4.69, 9.17) is 21.7 Å². The van der Waals surface area contributed by atoms with Crippen LogP contribution in [0.25, 0.3) is 0 Å². The van der Waals surface area contributed by atoms with Gasteiger partial charge in [-0.3, -0.25) is 14.4 Å². The van der Waals surface area contributed by atoms with Crippen LogP contribution in [0.15, 0.2) is 30.3 Å². The highest BCUT2D eigenvalue weighted by atomic mass is 32.1. The molecular formula is C39H66N4O5S. The predicted octanol–water partition coefficient (Wildman–Crippen LogP) is 5.54. The van der Waals surface area contributed by atoms with Gasteiger partial charge >= 0.3 is 0 Å². The number of amides is 2. The Kier molecular flexibility index (Phi) is 18.4. The summed E-state index contributed by atoms with van der Waals surface area (Å²) in [5.74, 6) is -0.437. The zero-order valence-electron chi connectivity index (χ0n) is 32.2. The van der Waals surface area contributed by atoms with Gasteiger partial charge in [-0.1, -0.05) is 97.4 Å². The van der Waals surface area contributed by atoms with Crippen molar-refractivity contribution >= 4 is 34.8 Å². The number of nitrogens with one attached hydrogen (secondary N) is 2. The van der Waals surface area contributed by atoms with Crippen molar-refractivity contribution < 1.29 is 23.9 Å². The van der Waals surface area contributed by atoms with Crippen molar-refractivity contribution in [3.63, 3.8) is 0 Å². The molecule has 2 N–H and O–H groups in total. The van der Waals surface area contributed by atoms with Crippen LogP contribution in [-0.2, 0) is 30.3 Å². The molecule has 2 rings (SSSR count). The molecule has 8 unspecified atom stereocenters. The molecule has 0 aliphatic carbocycles. The van der Waals surface area contributed by atoms with E-state index in [1.54, 1.807) is 33.2 Å². The number of likely N-dealkylation sites (tertiary alicyclic amines) is 1. The zero-order valence-corrected chi connectivity index (χ0v) is 33.0. The summed E-state index contributed by atoms with van der Waals surface area (Å²) in [6.07, 6.45) is 2.94. The molecule has 49 heavy (non-hydrogen) atoms. The number of methoxy groups -OCH3 is 2. The molecule has 1 aromatic carbocycles. The lowest BCUT2D eigenvalue weighted by molar-refractivity contribution is -0.148. The Morgan fingerprint density at radius 1 is 1.00 bits per heavy atom. The average Bonchev–Trinajstić information content (AvgIpc) is 3.56. The molecule has 9 nitrogen and oxygen atoms in total. The number of ketones is 1. The molecule has 0 saturated carbocycles. The number of nitrogens with zero attached hydrogens (tertiary/aromatic N) is 2. The van der Waals surface area contributed by atoms with Gasteiger partial charge in [0, 0.05) is 52.6 Å². The standard InChI is InChI=1S/C39H66N4O5S/c1-12-27(6)36(42(9)39(46)30(25(2)3)23-32(44)35(40-8)26(4)5)33(47-10)24-34(45)43-22-16-19-31(43)37(48-11)28(7)38(49)41-21-20-29-17-14-13-15-18-29/h13-15,17-18,25-28,30-31,33,35-37,40H,12,16,19-24H2,1-11H3,(H,41,49). The summed E-state index contributed by atoms with van der Waals surface area (Å²) in [5.41, 5.74) is 1.25. The van der Waals surface area contributed by atoms with Crippen molar-refractivity contribution in [3.8, 4) is 0 Å². The Balaban J connectivity index is 2.20. The largest absolute Gasteiger partial charge is 0.379 e. The van der Waals surface area contributed by atoms with Crippen LogP contribution in [0.5, 0.6) is 0 Å². The Morgan fingerprint density at radius 2 is 1.65 bits per heavy atom. The van der Waals surface area contributed by atoms with Gasteiger partial charge in [-0.2, -0.15) is 0 Å². The van der Waals surface area contributed by atoms with Crippen LogP contribution in [0.1, 0.15) is 86.1 Å². The molecule has 1 aliphatic heterocycles. The lowest BCUT2D eigenvalue weighted by Crippen LogP contribution is -2.54. The van der Waals surface area contributed by atoms with Gasteiger partial charge in [-0.05, 0) is 49.6 Å². The van der Waals surface area contributed by atoms with Crippen LogP contribution < -0.4 is 10.6 Å². The zero-order chi connectivity index (χ0) is 36.8. The molecule has 0 aromatic heterocycles. The van der Waals surface area contributed by atoms with Crippen LogP contribution in [0.4, 0.5) is 0 Å². The van der Waals surface area contributed by atoms with Crippen molar-refractivity contribution in [3.05, 3.63) is 35.9 Å². The third-order valence-electron chi connectivity index (χ3n) is 10.7. The summed E-state index contributed by atoms with van der Waals surface area (Å²) < 4.78 is 12.1. The van der Waals surface area contributed by atoms with E-state index in [9.17, 15) is 14.4 Å². The Bertz CT molecular complexity index is 1180. The molecule has 0 radical (unpaired) electrons. The Morgan fingerprint density at radius 3 is 2.18 bits per heavy atom. The van der Waals surface area contributed by atoms with E-state index in [-0.39, 0.29) is 78.3 Å². The number of Topliss-reactive ketones (excluding diaryl/α,β-unsaturated/α-hetero) is 1. The fourth-order valence-electron chi connectivity index (χ4n) is 7.52. The van der Waals surface area contributed by atoms with Gasteiger partial charge < -0.3 is 29.9 Å². The number of likely N-dealkylation sites (N-methyl/N-ethyl adjacent to an activating group) is 2. The molecule has 0 bridgehead atoms. The summed E-state index contributed by atoms with van der Waals surface area (Å²) in [7, 11) is 6.91. The fourth-order valence-corrected chi connectivity index (χ4v) is 7.76. The summed E-state index contributed by atoms with van der Waals surface area (Å²) in [4.78, 5) is 46.0. The molecular weight excluding hydrogens is 637 g/mol. The number of benzene rings is 1. The van der Waals surface area contributed by atoms with Gasteiger partial charge in [0.25, 0.3) is 0 Å². The van der Waals surface area contributed by atoms with E-state index < -0.39 is 12.0 Å². The first kappa shape index (κ1) is 42.8. The number of carbonyl (C=O) groups excluding carboxylic acids is 3. The average molecular weight is 703 g/mol. The summed E-state index contributed by atoms with van der Waals surface area (Å²) in [6, 6.07) is 9.55. The van der Waals surface area contributed by atoms with Crippen LogP contribution in [0.3, 0.4) is 0 Å². The SMILES string of the molecule is CCC(C)C(C(CC(=O)N1CCCC1C(OC)C(C)C(=S)NCCc1ccccc1)OC)N(C)C(=O)C(CC(=O)C(NC)C(C)C)C(C)C. The van der Waals surface area contributed by atoms with Crippen LogP contribution in [-0.4, -0.2) is 104 Å². The third-order valence-corrected chi connectivity index (χ3v) is 11.2. The first-order valence-electron chi connectivity index (χ1n) is 18.4. The number of rotatable bonds is 21. The monoisotopic (exact) mass is 702 g/mol. The van der Waals surface area contributed by atoms with E-state index in [1.807, 2.05) is 50.8 Å². The highest BCUT2D eigenvalue weighted by molar-refractivity contribution is 7.80. The second-order valence-electron chi connectivity index (χ2n) is 14.6. The number of thiocarbonyl (C=S) groups is 1. The van der Waals surface area contributed by atoms with E-state index in [0.717, 1.165) is 37.2 Å². The van der Waals surface area contributed by atoms with Gasteiger partial charge in [-0.15, -0.1) is 0 Å². The maximum Gasteiger partial charge on any atom is 0.226 e. The molecule has 1 heterocycles. The normalized spacial score (nSPS) is 19.2. The fraction of sp³-hybridized carbons (Fsp3) is 0.744. The maximum absolute atomic E-state index is 14.2. The first-order valence-corrected chi connectivity index (χ1v) is 18.8. The van der Waals surface area contributed by atoms with Crippen LogP contribution >= 0.6 is 12.2 Å². The summed E-state index contributed by atoms with van der Waals surface area (Å²) >= 11 is 5.81. The molecule has 0 spiro atoms. The number of hydrogen-bond donors (Lipinski definition) is 2. The van der Waals surface area contributed by atoms with Crippen molar-refractivity contribution in [2.45, 2.75) is 117 Å². The maximum atomic E-state index is 14.2. The second-order valence-corrected chi connectivity index (χ2v) is 15.1. The van der Waals surface area contributed by atoms with Gasteiger partial charge in [0.2, 0.25) is 11.8 Å². The molecule has 8 atom stereocenters. The second kappa shape index (κ2) is 21.1. The molecule has 1 aliphatic rings. The third kappa shape index (κ3) is 11.8. The van der Waals surface area contributed by atoms with E-state index in [1.165, 1.54) is 5.56 Å². The van der Waals surface area contributed by atoms with Crippen LogP contribution in [0.2, 0.25) is 0 Å². The summed E-state index contributed by atoms with van der Waals surface area (Å²) in [6.45, 7) is 15.6. The van der Waals surface area contributed by atoms with E-state index in [0.29, 0.717) is 6.54 Å². The van der Waals surface area contributed by atoms with Crippen LogP contribution in [0, 0.1) is 29.6 Å². The highest BCUT2D eigenvalue weighted by Gasteiger charge is 2.42. The molecule has 278 valence electrons. The highest BCUT2D eigenvalue weighted by Crippen LogP contribution is 2.31. The lowest BCUT2D eigenvalue weighted by atomic mass is 9.84. The van der Waals surface area contributed by atoms with Gasteiger partial charge in [0.1, 0.15) is 0 Å². The number of carbonyl (C=O) groups is 3. The first-order chi connectivity index (χ1) is 23.2. The predicted molar refractivity (Wildman–Crippen MR) is 203 cm³/mol. The molecule has 1 saturated heterocycles. The van der Waals surface area contributed by atoms with Crippen molar-refractivity contribution in [2.24, 2.45) is 29.6 Å². The van der Waals surface area contributed by atoms with Crippen molar-refractivity contribution in [2.75, 3.05) is 41.4 Å². The van der Waals surface area contributed by atoms with Crippen molar-refractivity contribution in [1.82, 2.24) is 20.4 Å². The summed E-state index contributed by atoms with van der Waals surface area (Å²) in [5, 5.41) is 6.55. The quantitative estimate of drug-likeness (QED) is 0.161. The smallest absolute Gasteiger partial charge is 0.226 e. The molecule has 2 amide bonds. The van der Waals surface area contributed by atoms with E-state index in [2.05, 4.69) is 43.5 Å². The number of ether oxygens (including phenoxy) is 2. The number of hydrogen-bond acceptors (Lipinski definition) is 7.